The molecule has 4 N–H and O–H groups in total. The first-order valence-corrected chi connectivity index (χ1v) is 10.9. The minimum Gasteiger partial charge on any atom is -0.491 e. The number of benzene rings is 2. The van der Waals surface area contributed by atoms with E-state index in [0.717, 1.165) is 16.9 Å². The summed E-state index contributed by atoms with van der Waals surface area (Å²) in [7, 11) is 0. The van der Waals surface area contributed by atoms with Crippen molar-refractivity contribution >= 4 is 35.0 Å². The second-order valence-corrected chi connectivity index (χ2v) is 8.26. The highest BCUT2D eigenvalue weighted by molar-refractivity contribution is 6.43. The Hall–Kier alpha value is -2.61. The Morgan fingerprint density at radius 2 is 1.78 bits per heavy atom. The topological polar surface area (TPSA) is 85.1 Å². The number of halogens is 3. The number of aromatic nitrogens is 2. The number of nitrogen functional groups attached to an aromatic ring is 1. The van der Waals surface area contributed by atoms with Crippen LogP contribution in [0.1, 0.15) is 23.7 Å². The van der Waals surface area contributed by atoms with Gasteiger partial charge in [0.2, 0.25) is 5.95 Å². The number of hydrogen-bond donors (Lipinski definition) is 3. The number of anilines is 2. The molecule has 2 aromatic carbocycles. The molecule has 0 radical (unpaired) electrons. The number of nitrogens with zero attached hydrogens (tertiary/aromatic N) is 2. The van der Waals surface area contributed by atoms with Crippen LogP contribution in [0.5, 0.6) is 5.75 Å². The van der Waals surface area contributed by atoms with Gasteiger partial charge in [0.1, 0.15) is 24.8 Å². The zero-order valence-corrected chi connectivity index (χ0v) is 19.7. The third-order valence-electron chi connectivity index (χ3n) is 4.94. The van der Waals surface area contributed by atoms with Crippen LogP contribution in [-0.2, 0) is 6.67 Å². The van der Waals surface area contributed by atoms with Crippen molar-refractivity contribution in [3.8, 4) is 16.9 Å². The molecule has 0 spiro atoms. The number of aryl methyl sites for hydroxylation is 2. The van der Waals surface area contributed by atoms with E-state index in [4.69, 9.17) is 33.7 Å². The number of alkyl halides is 1. The van der Waals surface area contributed by atoms with E-state index in [1.54, 1.807) is 18.2 Å². The zero-order valence-electron chi connectivity index (χ0n) is 18.2. The van der Waals surface area contributed by atoms with Gasteiger partial charge in [-0.25, -0.2) is 9.37 Å². The summed E-state index contributed by atoms with van der Waals surface area (Å²) < 4.78 is 19.7. The molecule has 3 rings (SSSR count). The molecule has 0 aliphatic carbocycles. The fraction of sp³-hybridized carbons (Fsp3) is 0.304. The van der Waals surface area contributed by atoms with E-state index in [2.05, 4.69) is 20.6 Å². The first-order valence-electron chi connectivity index (χ1n) is 10.1. The number of nitrogens with two attached hydrogens (primary N) is 1. The van der Waals surface area contributed by atoms with Crippen LogP contribution in [0.25, 0.3) is 11.1 Å². The van der Waals surface area contributed by atoms with E-state index in [9.17, 15) is 4.39 Å². The molecular weight excluding hydrogens is 452 g/mol. The molecule has 0 saturated carbocycles. The molecule has 1 atom stereocenters. The summed E-state index contributed by atoms with van der Waals surface area (Å²) >= 11 is 12.4. The Labute approximate surface area is 197 Å². The highest BCUT2D eigenvalue weighted by Crippen LogP contribution is 2.37. The van der Waals surface area contributed by atoms with Gasteiger partial charge in [0.05, 0.1) is 22.4 Å². The molecule has 0 saturated heterocycles. The van der Waals surface area contributed by atoms with E-state index in [1.165, 1.54) is 0 Å². The molecule has 9 heteroatoms. The lowest BCUT2D eigenvalue weighted by atomic mass is 10.0. The van der Waals surface area contributed by atoms with Gasteiger partial charge in [0, 0.05) is 17.2 Å². The van der Waals surface area contributed by atoms with Gasteiger partial charge in [0.25, 0.3) is 0 Å². The van der Waals surface area contributed by atoms with Gasteiger partial charge in [-0.2, -0.15) is 4.98 Å². The molecular formula is C23H26Cl2FN5O. The van der Waals surface area contributed by atoms with Crippen LogP contribution < -0.4 is 21.1 Å². The maximum absolute atomic E-state index is 13.8. The molecule has 32 heavy (non-hydrogen) atoms. The molecule has 6 nitrogen and oxygen atoms in total. The van der Waals surface area contributed by atoms with Gasteiger partial charge in [-0.15, -0.1) is 0 Å². The smallest absolute Gasteiger partial charge is 0.226 e. The summed E-state index contributed by atoms with van der Waals surface area (Å²) in [6.45, 7) is 6.05. The normalized spacial score (nSPS) is 11.9. The zero-order chi connectivity index (χ0) is 23.3. The summed E-state index contributed by atoms with van der Waals surface area (Å²) in [6.07, 6.45) is 0. The van der Waals surface area contributed by atoms with Crippen LogP contribution in [0, 0.1) is 13.8 Å². The van der Waals surface area contributed by atoms with Crippen LogP contribution in [-0.4, -0.2) is 29.3 Å². The van der Waals surface area contributed by atoms with Crippen molar-refractivity contribution in [1.82, 2.24) is 15.3 Å². The Bertz CT molecular complexity index is 1080. The Kier molecular flexibility index (Phi) is 8.12. The number of nitrogens with one attached hydrogen (secondary N) is 2. The molecule has 1 unspecified atom stereocenters. The second kappa shape index (κ2) is 10.8. The Balaban J connectivity index is 1.63. The largest absolute Gasteiger partial charge is 0.491 e. The summed E-state index contributed by atoms with van der Waals surface area (Å²) in [5.41, 5.74) is 9.28. The predicted octanol–water partition coefficient (Wildman–Crippen LogP) is 5.55. The standard InChI is InChI=1S/C23H26Cl2FN5O/c1-13-6-4-7-14(2)21(13)32-11-15(3)28-12-29-23-30-18(10-26)19(22(27)31-23)16-8-5-9-17(24)20(16)25/h4-9,15,28H,10-12H2,1-3H3,(H3,27,29,30,31). The van der Waals surface area contributed by atoms with Crippen LogP contribution in [0.3, 0.4) is 0 Å². The van der Waals surface area contributed by atoms with Crippen molar-refractivity contribution in [2.75, 3.05) is 24.3 Å². The fourth-order valence-corrected chi connectivity index (χ4v) is 3.69. The first-order chi connectivity index (χ1) is 15.3. The van der Waals surface area contributed by atoms with E-state index < -0.39 is 6.67 Å². The molecule has 1 heterocycles. The number of ether oxygens (including phenoxy) is 1. The van der Waals surface area contributed by atoms with Crippen molar-refractivity contribution in [3.63, 3.8) is 0 Å². The third-order valence-corrected chi connectivity index (χ3v) is 5.76. The van der Waals surface area contributed by atoms with Crippen molar-refractivity contribution in [1.29, 1.82) is 0 Å². The van der Waals surface area contributed by atoms with Crippen molar-refractivity contribution in [3.05, 3.63) is 63.3 Å². The van der Waals surface area contributed by atoms with Gasteiger partial charge in [-0.1, -0.05) is 53.5 Å². The average molecular weight is 478 g/mol. The fourth-order valence-electron chi connectivity index (χ4n) is 3.29. The molecule has 0 fully saturated rings. The van der Waals surface area contributed by atoms with Gasteiger partial charge < -0.3 is 15.8 Å². The van der Waals surface area contributed by atoms with E-state index in [1.807, 2.05) is 39.0 Å². The maximum atomic E-state index is 13.8. The number of hydrogen-bond acceptors (Lipinski definition) is 6. The maximum Gasteiger partial charge on any atom is 0.226 e. The monoisotopic (exact) mass is 477 g/mol. The summed E-state index contributed by atoms with van der Waals surface area (Å²) in [5, 5.41) is 6.91. The van der Waals surface area contributed by atoms with Gasteiger partial charge in [-0.05, 0) is 38.0 Å². The minimum atomic E-state index is -0.826. The third kappa shape index (κ3) is 5.59. The molecule has 0 aliphatic rings. The van der Waals surface area contributed by atoms with Crippen LogP contribution >= 0.6 is 23.2 Å². The summed E-state index contributed by atoms with van der Waals surface area (Å²) in [5.74, 6) is 1.23. The highest BCUT2D eigenvalue weighted by Gasteiger charge is 2.18. The quantitative estimate of drug-likeness (QED) is 0.350. The minimum absolute atomic E-state index is 0.0454. The average Bonchev–Trinajstić information content (AvgIpc) is 2.75. The Morgan fingerprint density at radius 1 is 1.09 bits per heavy atom. The van der Waals surface area contributed by atoms with Gasteiger partial charge in [-0.3, -0.25) is 5.32 Å². The van der Waals surface area contributed by atoms with Gasteiger partial charge >= 0.3 is 0 Å². The molecule has 3 aromatic rings. The SMILES string of the molecule is Cc1cccc(C)c1OCC(C)NCNc1nc(N)c(-c2cccc(Cl)c2Cl)c(CF)n1. The lowest BCUT2D eigenvalue weighted by Crippen LogP contribution is -2.36. The van der Waals surface area contributed by atoms with Crippen LogP contribution in [0.2, 0.25) is 10.0 Å². The summed E-state index contributed by atoms with van der Waals surface area (Å²) in [6, 6.07) is 11.2. The predicted molar refractivity (Wildman–Crippen MR) is 129 cm³/mol. The van der Waals surface area contributed by atoms with Crippen LogP contribution in [0.15, 0.2) is 36.4 Å². The molecule has 0 aliphatic heterocycles. The lowest BCUT2D eigenvalue weighted by Gasteiger charge is -2.18. The van der Waals surface area contributed by atoms with Gasteiger partial charge in [0.15, 0.2) is 0 Å². The number of rotatable bonds is 9. The second-order valence-electron chi connectivity index (χ2n) is 7.48. The van der Waals surface area contributed by atoms with E-state index in [0.29, 0.717) is 29.4 Å². The molecule has 0 bridgehead atoms. The molecule has 0 amide bonds. The lowest BCUT2D eigenvalue weighted by molar-refractivity contribution is 0.272. The van der Waals surface area contributed by atoms with Crippen molar-refractivity contribution in [2.24, 2.45) is 0 Å². The first kappa shape index (κ1) is 24.0. The van der Waals surface area contributed by atoms with E-state index >= 15 is 0 Å². The highest BCUT2D eigenvalue weighted by atomic mass is 35.5. The van der Waals surface area contributed by atoms with Crippen molar-refractivity contribution < 1.29 is 9.13 Å². The molecule has 1 aromatic heterocycles. The number of para-hydroxylation sites is 1. The van der Waals surface area contributed by atoms with Crippen molar-refractivity contribution in [2.45, 2.75) is 33.5 Å². The summed E-state index contributed by atoms with van der Waals surface area (Å²) in [4.78, 5) is 8.52. The van der Waals surface area contributed by atoms with Crippen LogP contribution in [0.4, 0.5) is 16.2 Å². The Morgan fingerprint density at radius 3 is 2.47 bits per heavy atom. The molecule has 170 valence electrons. The van der Waals surface area contributed by atoms with E-state index in [-0.39, 0.29) is 28.5 Å².